The molecule has 3 N–H and O–H groups in total. The first-order valence-electron chi connectivity index (χ1n) is 8.13. The first-order chi connectivity index (χ1) is 10.0. The van der Waals surface area contributed by atoms with Gasteiger partial charge in [0, 0.05) is 7.11 Å². The molecule has 1 aromatic carbocycles. The Labute approximate surface area is 129 Å². The molecule has 1 aromatic rings. The second kappa shape index (κ2) is 6.91. The Bertz CT molecular complexity index is 443. The largest absolute Gasteiger partial charge is 0.376 e. The minimum Gasteiger partial charge on any atom is -0.376 e. The molecular weight excluding hydrogens is 260 g/mol. The second-order valence-corrected chi connectivity index (χ2v) is 6.89. The van der Waals surface area contributed by atoms with Crippen LogP contribution < -0.4 is 11.3 Å². The van der Waals surface area contributed by atoms with E-state index in [4.69, 9.17) is 10.6 Å². The molecule has 3 heteroatoms. The lowest BCUT2D eigenvalue weighted by molar-refractivity contribution is -0.0806. The Kier molecular flexibility index (Phi) is 5.42. The van der Waals surface area contributed by atoms with Gasteiger partial charge in [-0.2, -0.15) is 0 Å². The smallest absolute Gasteiger partial charge is 0.0888 e. The molecule has 3 nitrogen and oxygen atoms in total. The molecule has 3 atom stereocenters. The molecule has 0 bridgehead atoms. The molecule has 0 saturated heterocycles. The van der Waals surface area contributed by atoms with Crippen LogP contribution in [0.3, 0.4) is 0 Å². The van der Waals surface area contributed by atoms with Crippen molar-refractivity contribution in [3.05, 3.63) is 35.4 Å². The van der Waals surface area contributed by atoms with Crippen LogP contribution in [0.4, 0.5) is 0 Å². The van der Waals surface area contributed by atoms with E-state index in [9.17, 15) is 0 Å². The van der Waals surface area contributed by atoms with Crippen molar-refractivity contribution in [1.29, 1.82) is 0 Å². The van der Waals surface area contributed by atoms with Crippen LogP contribution in [0.2, 0.25) is 0 Å². The maximum Gasteiger partial charge on any atom is 0.0888 e. The van der Waals surface area contributed by atoms with Crippen molar-refractivity contribution in [2.45, 2.75) is 64.0 Å². The van der Waals surface area contributed by atoms with Gasteiger partial charge in [-0.1, -0.05) is 57.9 Å². The summed E-state index contributed by atoms with van der Waals surface area (Å²) in [5.74, 6) is 7.14. The predicted molar refractivity (Wildman–Crippen MR) is 88.0 cm³/mol. The van der Waals surface area contributed by atoms with E-state index in [1.165, 1.54) is 24.0 Å². The summed E-state index contributed by atoms with van der Waals surface area (Å²) in [6.45, 7) is 6.74. The van der Waals surface area contributed by atoms with E-state index in [1.54, 1.807) is 0 Å². The van der Waals surface area contributed by atoms with Gasteiger partial charge in [0.25, 0.3) is 0 Å². The zero-order chi connectivity index (χ0) is 15.5. The van der Waals surface area contributed by atoms with Gasteiger partial charge in [-0.3, -0.25) is 11.3 Å². The van der Waals surface area contributed by atoms with E-state index in [1.807, 2.05) is 7.11 Å². The fourth-order valence-corrected chi connectivity index (χ4v) is 3.73. The Balaban J connectivity index is 2.28. The molecule has 0 spiro atoms. The number of nitrogens with one attached hydrogen (secondary N) is 1. The van der Waals surface area contributed by atoms with E-state index in [0.717, 1.165) is 12.8 Å². The number of hydrazine groups is 1. The first kappa shape index (κ1) is 16.5. The summed E-state index contributed by atoms with van der Waals surface area (Å²) in [4.78, 5) is 0. The van der Waals surface area contributed by atoms with Crippen LogP contribution in [-0.2, 0) is 4.74 Å². The van der Waals surface area contributed by atoms with Crippen LogP contribution >= 0.6 is 0 Å². The minimum absolute atomic E-state index is 0.0477. The predicted octanol–water partition coefficient (Wildman–Crippen LogP) is 3.91. The Morgan fingerprint density at radius 3 is 2.33 bits per heavy atom. The van der Waals surface area contributed by atoms with Gasteiger partial charge in [0.2, 0.25) is 0 Å². The molecule has 0 aliphatic heterocycles. The van der Waals surface area contributed by atoms with Crippen molar-refractivity contribution in [3.8, 4) is 0 Å². The van der Waals surface area contributed by atoms with E-state index in [0.29, 0.717) is 11.8 Å². The maximum atomic E-state index is 5.99. The number of rotatable bonds is 5. The standard InChI is InChI=1S/C18H30N2O/c1-13(2)15-7-9-16(10-8-15)17(20-19)18(21-4)11-5-6-14(3)12-18/h7-10,13-14,17,20H,5-6,11-12,19H2,1-4H3. The highest BCUT2D eigenvalue weighted by Crippen LogP contribution is 2.43. The third kappa shape index (κ3) is 3.47. The number of nitrogens with two attached hydrogens (primary N) is 1. The zero-order valence-electron chi connectivity index (χ0n) is 13.9. The lowest BCUT2D eigenvalue weighted by Gasteiger charge is -2.44. The Morgan fingerprint density at radius 1 is 1.24 bits per heavy atom. The highest BCUT2D eigenvalue weighted by molar-refractivity contribution is 5.29. The van der Waals surface area contributed by atoms with Gasteiger partial charge in [-0.15, -0.1) is 0 Å². The van der Waals surface area contributed by atoms with Crippen LogP contribution in [0, 0.1) is 5.92 Å². The monoisotopic (exact) mass is 290 g/mol. The van der Waals surface area contributed by atoms with Gasteiger partial charge < -0.3 is 4.74 Å². The highest BCUT2D eigenvalue weighted by Gasteiger charge is 2.42. The van der Waals surface area contributed by atoms with Gasteiger partial charge in [0.1, 0.15) is 0 Å². The number of ether oxygens (including phenoxy) is 1. The van der Waals surface area contributed by atoms with Crippen molar-refractivity contribution in [3.63, 3.8) is 0 Å². The maximum absolute atomic E-state index is 5.99. The molecule has 0 aromatic heterocycles. The lowest BCUT2D eigenvalue weighted by atomic mass is 9.73. The van der Waals surface area contributed by atoms with Gasteiger partial charge in [-0.25, -0.2) is 0 Å². The summed E-state index contributed by atoms with van der Waals surface area (Å²) >= 11 is 0. The van der Waals surface area contributed by atoms with Crippen molar-refractivity contribution in [1.82, 2.24) is 5.43 Å². The van der Waals surface area contributed by atoms with E-state index < -0.39 is 0 Å². The fourth-order valence-electron chi connectivity index (χ4n) is 3.73. The summed E-state index contributed by atoms with van der Waals surface area (Å²) in [6.07, 6.45) is 4.62. The average Bonchev–Trinajstić information content (AvgIpc) is 2.48. The molecular formula is C18H30N2O. The molecule has 1 aliphatic carbocycles. The molecule has 21 heavy (non-hydrogen) atoms. The second-order valence-electron chi connectivity index (χ2n) is 6.89. The minimum atomic E-state index is -0.189. The van der Waals surface area contributed by atoms with Crippen molar-refractivity contribution in [2.24, 2.45) is 11.8 Å². The number of methoxy groups -OCH3 is 1. The van der Waals surface area contributed by atoms with Crippen LogP contribution in [0.5, 0.6) is 0 Å². The SMILES string of the molecule is COC1(C(NN)c2ccc(C(C)C)cc2)CCCC(C)C1. The molecule has 118 valence electrons. The van der Waals surface area contributed by atoms with Crippen LogP contribution in [0.25, 0.3) is 0 Å². The quantitative estimate of drug-likeness (QED) is 0.638. The highest BCUT2D eigenvalue weighted by atomic mass is 16.5. The summed E-state index contributed by atoms with van der Waals surface area (Å²) < 4.78 is 5.99. The fraction of sp³-hybridized carbons (Fsp3) is 0.667. The van der Waals surface area contributed by atoms with E-state index in [-0.39, 0.29) is 11.6 Å². The van der Waals surface area contributed by atoms with E-state index in [2.05, 4.69) is 50.5 Å². The molecule has 2 rings (SSSR count). The van der Waals surface area contributed by atoms with Gasteiger partial charge in [-0.05, 0) is 35.8 Å². The lowest BCUT2D eigenvalue weighted by Crippen LogP contribution is -2.50. The summed E-state index contributed by atoms with van der Waals surface area (Å²) in [6, 6.07) is 8.85. The molecule has 0 heterocycles. The molecule has 0 radical (unpaired) electrons. The number of hydrogen-bond donors (Lipinski definition) is 2. The first-order valence-corrected chi connectivity index (χ1v) is 8.13. The zero-order valence-corrected chi connectivity index (χ0v) is 13.9. The van der Waals surface area contributed by atoms with E-state index >= 15 is 0 Å². The van der Waals surface area contributed by atoms with Crippen LogP contribution in [0.15, 0.2) is 24.3 Å². The summed E-state index contributed by atoms with van der Waals surface area (Å²) in [7, 11) is 1.82. The van der Waals surface area contributed by atoms with Crippen molar-refractivity contribution < 1.29 is 4.74 Å². The van der Waals surface area contributed by atoms with Crippen molar-refractivity contribution in [2.75, 3.05) is 7.11 Å². The number of hydrogen-bond acceptors (Lipinski definition) is 3. The van der Waals surface area contributed by atoms with Crippen molar-refractivity contribution >= 4 is 0 Å². The van der Waals surface area contributed by atoms with Gasteiger partial charge in [0.15, 0.2) is 0 Å². The molecule has 1 fully saturated rings. The molecule has 3 unspecified atom stereocenters. The number of benzene rings is 1. The topological polar surface area (TPSA) is 47.3 Å². The molecule has 0 amide bonds. The Morgan fingerprint density at radius 2 is 1.86 bits per heavy atom. The third-order valence-electron chi connectivity index (χ3n) is 5.03. The van der Waals surface area contributed by atoms with Crippen LogP contribution in [-0.4, -0.2) is 12.7 Å². The normalized spacial score (nSPS) is 27.8. The third-order valence-corrected chi connectivity index (χ3v) is 5.03. The Hall–Kier alpha value is -0.900. The van der Waals surface area contributed by atoms with Gasteiger partial charge >= 0.3 is 0 Å². The molecule has 1 saturated carbocycles. The average molecular weight is 290 g/mol. The van der Waals surface area contributed by atoms with Crippen LogP contribution in [0.1, 0.15) is 69.5 Å². The summed E-state index contributed by atoms with van der Waals surface area (Å²) in [5.41, 5.74) is 5.41. The van der Waals surface area contributed by atoms with Gasteiger partial charge in [0.05, 0.1) is 11.6 Å². The summed E-state index contributed by atoms with van der Waals surface area (Å²) in [5, 5.41) is 0. The molecule has 1 aliphatic rings.